The number of rotatable bonds is 5. The highest BCUT2D eigenvalue weighted by molar-refractivity contribution is 5.87. The number of hydrazine groups is 1. The zero-order chi connectivity index (χ0) is 19.8. The van der Waals surface area contributed by atoms with Gasteiger partial charge in [0.25, 0.3) is 5.91 Å². The molecule has 2 N–H and O–H groups in total. The van der Waals surface area contributed by atoms with Crippen LogP contribution in [0.1, 0.15) is 50.1 Å². The van der Waals surface area contributed by atoms with Crippen molar-refractivity contribution in [2.75, 3.05) is 0 Å². The van der Waals surface area contributed by atoms with Gasteiger partial charge in [0.2, 0.25) is 5.91 Å². The van der Waals surface area contributed by atoms with Crippen molar-refractivity contribution in [3.05, 3.63) is 42.2 Å². The second-order valence-electron chi connectivity index (χ2n) is 9.14. The van der Waals surface area contributed by atoms with E-state index in [-0.39, 0.29) is 17.2 Å². The number of carbonyl (C=O) groups excluding carboxylic acids is 2. The van der Waals surface area contributed by atoms with Gasteiger partial charge in [-0.3, -0.25) is 20.4 Å². The van der Waals surface area contributed by atoms with E-state index in [2.05, 4.69) is 26.4 Å². The third-order valence-electron chi connectivity index (χ3n) is 7.08. The minimum Gasteiger partial charge on any atom is -0.273 e. The van der Waals surface area contributed by atoms with Gasteiger partial charge in [0.1, 0.15) is 12.4 Å². The fraction of sp³-hybridized carbons (Fsp3) is 0.571. The first-order valence-electron chi connectivity index (χ1n) is 10.5. The van der Waals surface area contributed by atoms with E-state index in [0.717, 1.165) is 24.8 Å². The molecule has 4 saturated carbocycles. The first-order chi connectivity index (χ1) is 14.1. The fourth-order valence-corrected chi connectivity index (χ4v) is 6.18. The van der Waals surface area contributed by atoms with Crippen LogP contribution in [0.2, 0.25) is 0 Å². The van der Waals surface area contributed by atoms with Crippen LogP contribution in [0, 0.1) is 23.2 Å². The summed E-state index contributed by atoms with van der Waals surface area (Å²) in [6.07, 6.45) is 8.56. The Hall–Kier alpha value is -2.77. The van der Waals surface area contributed by atoms with Gasteiger partial charge in [0.05, 0.1) is 5.41 Å². The number of benzene rings is 1. The topological polar surface area (TPSA) is 102 Å². The molecule has 8 heteroatoms. The predicted molar refractivity (Wildman–Crippen MR) is 104 cm³/mol. The summed E-state index contributed by atoms with van der Waals surface area (Å²) in [6.45, 7) is 0. The molecule has 1 heterocycles. The van der Waals surface area contributed by atoms with Gasteiger partial charge in [-0.05, 0) is 72.3 Å². The molecule has 1 aromatic carbocycles. The van der Waals surface area contributed by atoms with Crippen LogP contribution in [0.3, 0.4) is 0 Å². The second kappa shape index (κ2) is 7.24. The SMILES string of the molecule is O=C(NNC(=O)C12CC3CC(CC(C3)C1)C2)[C@H](Cc1ccccc1)n1cnnn1. The van der Waals surface area contributed by atoms with Gasteiger partial charge in [-0.25, -0.2) is 4.68 Å². The van der Waals surface area contributed by atoms with Crippen LogP contribution in [0.5, 0.6) is 0 Å². The first-order valence-corrected chi connectivity index (χ1v) is 10.5. The Morgan fingerprint density at radius 3 is 2.28 bits per heavy atom. The van der Waals surface area contributed by atoms with Crippen molar-refractivity contribution in [1.82, 2.24) is 31.1 Å². The van der Waals surface area contributed by atoms with Crippen molar-refractivity contribution in [2.24, 2.45) is 23.2 Å². The fourth-order valence-electron chi connectivity index (χ4n) is 6.18. The Kier molecular flexibility index (Phi) is 4.56. The van der Waals surface area contributed by atoms with E-state index < -0.39 is 6.04 Å². The zero-order valence-corrected chi connectivity index (χ0v) is 16.3. The summed E-state index contributed by atoms with van der Waals surface area (Å²) in [4.78, 5) is 26.0. The third-order valence-corrected chi connectivity index (χ3v) is 7.08. The minimum atomic E-state index is -0.635. The molecular formula is C21H26N6O2. The highest BCUT2D eigenvalue weighted by Crippen LogP contribution is 2.60. The molecule has 152 valence electrons. The van der Waals surface area contributed by atoms with Crippen LogP contribution >= 0.6 is 0 Å². The van der Waals surface area contributed by atoms with Crippen LogP contribution in [-0.4, -0.2) is 32.0 Å². The lowest BCUT2D eigenvalue weighted by atomic mass is 9.49. The Morgan fingerprint density at radius 1 is 1.03 bits per heavy atom. The molecule has 8 nitrogen and oxygen atoms in total. The van der Waals surface area contributed by atoms with Crippen molar-refractivity contribution in [3.8, 4) is 0 Å². The standard InChI is InChI=1S/C21H26N6O2/c28-19(18(27-13-22-25-26-27)9-14-4-2-1-3-5-14)23-24-20(29)21-10-15-6-16(11-21)8-17(7-15)12-21/h1-5,13,15-18H,6-12H2,(H,23,28)(H,24,29)/t15?,16?,17?,18-,21?/m0/s1. The number of aromatic nitrogens is 4. The minimum absolute atomic E-state index is 0.0277. The van der Waals surface area contributed by atoms with Gasteiger partial charge in [-0.15, -0.1) is 5.10 Å². The molecule has 4 aliphatic carbocycles. The Balaban J connectivity index is 1.26. The number of hydrogen-bond acceptors (Lipinski definition) is 5. The molecule has 6 rings (SSSR count). The number of nitrogens with zero attached hydrogens (tertiary/aromatic N) is 4. The van der Waals surface area contributed by atoms with Crippen molar-refractivity contribution in [2.45, 2.75) is 51.0 Å². The Labute approximate surface area is 169 Å². The summed E-state index contributed by atoms with van der Waals surface area (Å²) in [7, 11) is 0. The Morgan fingerprint density at radius 2 is 1.69 bits per heavy atom. The van der Waals surface area contributed by atoms with E-state index in [1.807, 2.05) is 30.3 Å². The number of amides is 2. The lowest BCUT2D eigenvalue weighted by Gasteiger charge is -2.55. The van der Waals surface area contributed by atoms with Gasteiger partial charge in [0.15, 0.2) is 0 Å². The van der Waals surface area contributed by atoms with Crippen LogP contribution in [0.25, 0.3) is 0 Å². The molecule has 1 atom stereocenters. The zero-order valence-electron chi connectivity index (χ0n) is 16.3. The summed E-state index contributed by atoms with van der Waals surface area (Å²) in [6, 6.07) is 9.07. The highest BCUT2D eigenvalue weighted by atomic mass is 16.2. The van der Waals surface area contributed by atoms with E-state index in [0.29, 0.717) is 24.2 Å². The van der Waals surface area contributed by atoms with E-state index in [1.54, 1.807) is 0 Å². The molecule has 0 unspecified atom stereocenters. The monoisotopic (exact) mass is 394 g/mol. The van der Waals surface area contributed by atoms with Crippen LogP contribution in [0.15, 0.2) is 36.7 Å². The Bertz CT molecular complexity index is 847. The smallest absolute Gasteiger partial charge is 0.263 e. The summed E-state index contributed by atoms with van der Waals surface area (Å²) < 4.78 is 1.43. The number of tetrazole rings is 1. The molecule has 4 aliphatic rings. The van der Waals surface area contributed by atoms with E-state index in [1.165, 1.54) is 30.3 Å². The highest BCUT2D eigenvalue weighted by Gasteiger charge is 2.54. The van der Waals surface area contributed by atoms with Gasteiger partial charge in [-0.2, -0.15) is 0 Å². The maximum Gasteiger partial charge on any atom is 0.263 e. The molecule has 4 bridgehead atoms. The van der Waals surface area contributed by atoms with E-state index in [9.17, 15) is 9.59 Å². The first kappa shape index (κ1) is 18.3. The lowest BCUT2D eigenvalue weighted by molar-refractivity contribution is -0.149. The molecule has 0 saturated heterocycles. The maximum atomic E-state index is 13.1. The maximum absolute atomic E-state index is 13.1. The van der Waals surface area contributed by atoms with Crippen molar-refractivity contribution in [3.63, 3.8) is 0 Å². The average Bonchev–Trinajstić information content (AvgIpc) is 3.24. The number of hydrogen-bond donors (Lipinski definition) is 2. The molecule has 0 spiro atoms. The molecule has 0 aliphatic heterocycles. The average molecular weight is 394 g/mol. The molecule has 1 aromatic heterocycles. The largest absolute Gasteiger partial charge is 0.273 e. The van der Waals surface area contributed by atoms with Crippen LogP contribution in [-0.2, 0) is 16.0 Å². The molecule has 2 amide bonds. The van der Waals surface area contributed by atoms with Crippen LogP contribution in [0.4, 0.5) is 0 Å². The lowest BCUT2D eigenvalue weighted by Crippen LogP contribution is -2.57. The summed E-state index contributed by atoms with van der Waals surface area (Å²) >= 11 is 0. The normalized spacial score (nSPS) is 30.7. The van der Waals surface area contributed by atoms with Crippen molar-refractivity contribution < 1.29 is 9.59 Å². The second-order valence-corrected chi connectivity index (χ2v) is 9.14. The van der Waals surface area contributed by atoms with E-state index in [4.69, 9.17) is 0 Å². The van der Waals surface area contributed by atoms with Gasteiger partial charge < -0.3 is 0 Å². The molecule has 0 radical (unpaired) electrons. The molecule has 4 fully saturated rings. The van der Waals surface area contributed by atoms with E-state index >= 15 is 0 Å². The molecular weight excluding hydrogens is 368 g/mol. The summed E-state index contributed by atoms with van der Waals surface area (Å²) in [5.74, 6) is 1.68. The summed E-state index contributed by atoms with van der Waals surface area (Å²) in [5, 5.41) is 11.2. The van der Waals surface area contributed by atoms with Gasteiger partial charge in [0, 0.05) is 6.42 Å². The van der Waals surface area contributed by atoms with Crippen LogP contribution < -0.4 is 10.9 Å². The van der Waals surface area contributed by atoms with Crippen molar-refractivity contribution in [1.29, 1.82) is 0 Å². The van der Waals surface area contributed by atoms with Gasteiger partial charge >= 0.3 is 0 Å². The molecule has 2 aromatic rings. The van der Waals surface area contributed by atoms with Gasteiger partial charge in [-0.1, -0.05) is 30.3 Å². The molecule has 29 heavy (non-hydrogen) atoms. The number of carbonyl (C=O) groups is 2. The predicted octanol–water partition coefficient (Wildman–Crippen LogP) is 1.82. The summed E-state index contributed by atoms with van der Waals surface area (Å²) in [5.41, 5.74) is 6.10. The number of nitrogens with one attached hydrogen (secondary N) is 2. The third kappa shape index (κ3) is 3.52. The van der Waals surface area contributed by atoms with Crippen molar-refractivity contribution >= 4 is 11.8 Å². The quantitative estimate of drug-likeness (QED) is 0.753.